The first-order chi connectivity index (χ1) is 13.2. The molecule has 0 saturated carbocycles. The summed E-state index contributed by atoms with van der Waals surface area (Å²) in [5.74, 6) is -0.474. The highest BCUT2D eigenvalue weighted by Gasteiger charge is 2.32. The minimum atomic E-state index is -4.01. The lowest BCUT2D eigenvalue weighted by Crippen LogP contribution is -2.38. The molecule has 0 radical (unpaired) electrons. The van der Waals surface area contributed by atoms with Gasteiger partial charge in [-0.1, -0.05) is 17.7 Å². The molecule has 0 aliphatic carbocycles. The van der Waals surface area contributed by atoms with Crippen LogP contribution >= 0.6 is 11.3 Å². The summed E-state index contributed by atoms with van der Waals surface area (Å²) in [5, 5.41) is 8.99. The van der Waals surface area contributed by atoms with Gasteiger partial charge in [-0.3, -0.25) is 13.8 Å². The lowest BCUT2D eigenvalue weighted by Gasteiger charge is -2.24. The molecule has 1 N–H and O–H groups in total. The Hall–Kier alpha value is -2.72. The highest BCUT2D eigenvalue weighted by atomic mass is 32.2. The lowest BCUT2D eigenvalue weighted by molar-refractivity contribution is -0.114. The van der Waals surface area contributed by atoms with E-state index in [9.17, 15) is 13.2 Å². The van der Waals surface area contributed by atoms with Crippen molar-refractivity contribution in [3.05, 3.63) is 52.8 Å². The molecule has 2 heterocycles. The molecule has 2 aromatic heterocycles. The van der Waals surface area contributed by atoms with Crippen LogP contribution in [0.4, 0.5) is 10.8 Å². The molecule has 0 fully saturated rings. The van der Waals surface area contributed by atoms with Crippen LogP contribution in [0.15, 0.2) is 40.7 Å². The maximum absolute atomic E-state index is 13.5. The van der Waals surface area contributed by atoms with Crippen molar-refractivity contribution in [1.29, 1.82) is 0 Å². The molecule has 1 amide bonds. The normalized spacial score (nSPS) is 11.4. The number of aromatic nitrogens is 3. The highest BCUT2D eigenvalue weighted by molar-refractivity contribution is 7.93. The van der Waals surface area contributed by atoms with E-state index in [0.717, 1.165) is 9.87 Å². The van der Waals surface area contributed by atoms with Crippen LogP contribution in [0.2, 0.25) is 0 Å². The predicted molar refractivity (Wildman–Crippen MR) is 109 cm³/mol. The summed E-state index contributed by atoms with van der Waals surface area (Å²) in [4.78, 5) is 16.7. The Morgan fingerprint density at radius 2 is 1.89 bits per heavy atom. The smallest absolute Gasteiger partial charge is 0.268 e. The predicted octanol–water partition coefficient (Wildman–Crippen LogP) is 2.64. The number of nitrogens with one attached hydrogen (secondary N) is 1. The Morgan fingerprint density at radius 3 is 2.43 bits per heavy atom. The fraction of sp³-hybridized carbons (Fsp3) is 0.278. The molecule has 0 aliphatic heterocycles. The average molecular weight is 420 g/mol. The van der Waals surface area contributed by atoms with Gasteiger partial charge in [0.2, 0.25) is 5.91 Å². The van der Waals surface area contributed by atoms with Crippen LogP contribution in [-0.2, 0) is 21.9 Å². The quantitative estimate of drug-likeness (QED) is 0.662. The van der Waals surface area contributed by atoms with E-state index in [4.69, 9.17) is 0 Å². The van der Waals surface area contributed by atoms with E-state index in [1.54, 1.807) is 56.7 Å². The van der Waals surface area contributed by atoms with E-state index in [1.165, 1.54) is 16.0 Å². The number of sulfonamides is 1. The SMILES string of the molecule is Cc1ccc(N(CC(=O)Nc2nccs2)S(=O)(=O)c2c(C)nn(C)c2C)cc1. The summed E-state index contributed by atoms with van der Waals surface area (Å²) < 4.78 is 29.6. The van der Waals surface area contributed by atoms with Crippen molar-refractivity contribution in [2.45, 2.75) is 25.7 Å². The molecule has 0 saturated heterocycles. The topological polar surface area (TPSA) is 97.2 Å². The first-order valence-electron chi connectivity index (χ1n) is 8.49. The van der Waals surface area contributed by atoms with Crippen LogP contribution in [0, 0.1) is 20.8 Å². The second kappa shape index (κ2) is 7.72. The summed E-state index contributed by atoms with van der Waals surface area (Å²) >= 11 is 1.26. The van der Waals surface area contributed by atoms with Crippen molar-refractivity contribution in [3.8, 4) is 0 Å². The van der Waals surface area contributed by atoms with Crippen LogP contribution < -0.4 is 9.62 Å². The van der Waals surface area contributed by atoms with E-state index in [2.05, 4.69) is 15.4 Å². The number of rotatable bonds is 6. The van der Waals surface area contributed by atoms with Gasteiger partial charge < -0.3 is 5.32 Å². The van der Waals surface area contributed by atoms with Crippen LogP contribution in [0.1, 0.15) is 17.0 Å². The van der Waals surface area contributed by atoms with Crippen molar-refractivity contribution < 1.29 is 13.2 Å². The van der Waals surface area contributed by atoms with Gasteiger partial charge in [-0.05, 0) is 32.9 Å². The van der Waals surface area contributed by atoms with Gasteiger partial charge in [-0.15, -0.1) is 11.3 Å². The maximum atomic E-state index is 13.5. The number of carbonyl (C=O) groups is 1. The fourth-order valence-electron chi connectivity index (χ4n) is 2.84. The third-order valence-corrected chi connectivity index (χ3v) is 6.99. The van der Waals surface area contributed by atoms with Gasteiger partial charge in [0.1, 0.15) is 11.4 Å². The largest absolute Gasteiger partial charge is 0.300 e. The number of hydrogen-bond donors (Lipinski definition) is 1. The van der Waals surface area contributed by atoms with Crippen molar-refractivity contribution in [1.82, 2.24) is 14.8 Å². The van der Waals surface area contributed by atoms with Crippen LogP contribution in [0.5, 0.6) is 0 Å². The number of nitrogens with zero attached hydrogens (tertiary/aromatic N) is 4. The number of thiazole rings is 1. The van der Waals surface area contributed by atoms with Crippen molar-refractivity contribution in [2.24, 2.45) is 7.05 Å². The van der Waals surface area contributed by atoms with Gasteiger partial charge in [0, 0.05) is 18.6 Å². The molecular weight excluding hydrogens is 398 g/mol. The molecule has 28 heavy (non-hydrogen) atoms. The summed E-state index contributed by atoms with van der Waals surface area (Å²) in [6.07, 6.45) is 1.57. The second-order valence-electron chi connectivity index (χ2n) is 6.36. The van der Waals surface area contributed by atoms with E-state index >= 15 is 0 Å². The van der Waals surface area contributed by atoms with Gasteiger partial charge in [-0.2, -0.15) is 5.10 Å². The summed E-state index contributed by atoms with van der Waals surface area (Å²) in [6.45, 7) is 4.87. The lowest BCUT2D eigenvalue weighted by atomic mass is 10.2. The van der Waals surface area contributed by atoms with Crippen LogP contribution in [0.25, 0.3) is 0 Å². The molecule has 3 aromatic rings. The maximum Gasteiger partial charge on any atom is 0.268 e. The number of benzene rings is 1. The minimum Gasteiger partial charge on any atom is -0.300 e. The van der Waals surface area contributed by atoms with Crippen LogP contribution in [-0.4, -0.2) is 35.6 Å². The minimum absolute atomic E-state index is 0.109. The van der Waals surface area contributed by atoms with Gasteiger partial charge in [-0.25, -0.2) is 13.4 Å². The molecule has 0 spiro atoms. The van der Waals surface area contributed by atoms with E-state index in [-0.39, 0.29) is 11.4 Å². The molecule has 0 bridgehead atoms. The highest BCUT2D eigenvalue weighted by Crippen LogP contribution is 2.28. The number of carbonyl (C=O) groups excluding carboxylic acids is 1. The molecule has 8 nitrogen and oxygen atoms in total. The van der Waals surface area contributed by atoms with Crippen molar-refractivity contribution in [3.63, 3.8) is 0 Å². The van der Waals surface area contributed by atoms with Gasteiger partial charge in [0.15, 0.2) is 5.13 Å². The third kappa shape index (κ3) is 3.92. The molecule has 3 rings (SSSR count). The Bertz CT molecular complexity index is 1090. The first-order valence-corrected chi connectivity index (χ1v) is 10.8. The molecule has 0 unspecified atom stereocenters. The fourth-order valence-corrected chi connectivity index (χ4v) is 5.21. The Morgan fingerprint density at radius 1 is 1.21 bits per heavy atom. The molecule has 10 heteroatoms. The van der Waals surface area contributed by atoms with E-state index in [0.29, 0.717) is 22.2 Å². The summed E-state index contributed by atoms with van der Waals surface area (Å²) in [5.41, 5.74) is 2.29. The Balaban J connectivity index is 2.02. The molecule has 1 aromatic carbocycles. The van der Waals surface area contributed by atoms with Gasteiger partial charge in [0.25, 0.3) is 10.0 Å². The second-order valence-corrected chi connectivity index (χ2v) is 9.05. The zero-order chi connectivity index (χ0) is 20.5. The van der Waals surface area contributed by atoms with Crippen LogP contribution in [0.3, 0.4) is 0 Å². The van der Waals surface area contributed by atoms with Crippen molar-refractivity contribution in [2.75, 3.05) is 16.2 Å². The average Bonchev–Trinajstić information content (AvgIpc) is 3.21. The number of amides is 1. The molecule has 0 aliphatic rings. The van der Waals surface area contributed by atoms with E-state index < -0.39 is 15.9 Å². The Kier molecular flexibility index (Phi) is 5.52. The molecular formula is C18H21N5O3S2. The van der Waals surface area contributed by atoms with Gasteiger partial charge in [0.05, 0.1) is 17.1 Å². The van der Waals surface area contributed by atoms with E-state index in [1.807, 2.05) is 6.92 Å². The Labute approximate surface area is 167 Å². The third-order valence-electron chi connectivity index (χ3n) is 4.28. The first kappa shape index (κ1) is 20.0. The summed E-state index contributed by atoms with van der Waals surface area (Å²) in [6, 6.07) is 6.98. The molecule has 148 valence electrons. The number of anilines is 2. The monoisotopic (exact) mass is 419 g/mol. The van der Waals surface area contributed by atoms with Crippen molar-refractivity contribution >= 4 is 38.1 Å². The standard InChI is InChI=1S/C18H21N5O3S2/c1-12-5-7-15(8-6-12)23(11-16(24)20-18-19-9-10-27-18)28(25,26)17-13(2)21-22(4)14(17)3/h5-10H,11H2,1-4H3,(H,19,20,24). The zero-order valence-corrected chi connectivity index (χ0v) is 17.6. The molecule has 0 atom stereocenters. The number of aryl methyl sites for hydroxylation is 3. The zero-order valence-electron chi connectivity index (χ0n) is 16.0. The number of hydrogen-bond acceptors (Lipinski definition) is 6. The summed E-state index contributed by atoms with van der Waals surface area (Å²) in [7, 11) is -2.32. The van der Waals surface area contributed by atoms with Gasteiger partial charge >= 0.3 is 0 Å².